The molecule has 0 aromatic heterocycles. The van der Waals surface area contributed by atoms with Crippen LogP contribution in [0.1, 0.15) is 139 Å². The zero-order chi connectivity index (χ0) is 33.0. The summed E-state index contributed by atoms with van der Waals surface area (Å²) in [5.74, 6) is 0. The van der Waals surface area contributed by atoms with Gasteiger partial charge in [0, 0.05) is 0 Å². The molecule has 0 bridgehead atoms. The van der Waals surface area contributed by atoms with Crippen LogP contribution in [0.3, 0.4) is 0 Å². The van der Waals surface area contributed by atoms with Crippen LogP contribution < -0.4 is 15.9 Å². The number of hydrogen-bond donors (Lipinski definition) is 0. The van der Waals surface area contributed by atoms with Crippen molar-refractivity contribution in [3.63, 3.8) is 0 Å². The molecule has 0 aliphatic rings. The van der Waals surface area contributed by atoms with Gasteiger partial charge in [-0.25, -0.2) is 0 Å². The predicted molar refractivity (Wildman–Crippen MR) is 214 cm³/mol. The van der Waals surface area contributed by atoms with Crippen molar-refractivity contribution in [3.8, 4) is 0 Å². The van der Waals surface area contributed by atoms with E-state index in [1.165, 1.54) is 154 Å². The van der Waals surface area contributed by atoms with Crippen LogP contribution >= 0.6 is 7.26 Å². The van der Waals surface area contributed by atoms with Crippen LogP contribution in [-0.2, 0) is 25.4 Å². The van der Waals surface area contributed by atoms with E-state index in [0.29, 0.717) is 0 Å². The molecule has 0 amide bonds. The van der Waals surface area contributed by atoms with E-state index in [-0.39, 0.29) is 0 Å². The Bertz CT molecular complexity index is 1210. The van der Waals surface area contributed by atoms with Gasteiger partial charge in [0.15, 0.2) is 0 Å². The molecule has 4 aromatic carbocycles. The zero-order valence-electron chi connectivity index (χ0n) is 30.2. The van der Waals surface area contributed by atoms with Crippen LogP contribution in [0.5, 0.6) is 0 Å². The second-order valence-electron chi connectivity index (χ2n) is 14.2. The summed E-state index contributed by atoms with van der Waals surface area (Å²) in [4.78, 5) is 0. The molecule has 0 nitrogen and oxygen atoms in total. The summed E-state index contributed by atoms with van der Waals surface area (Å²) in [6, 6.07) is 41.1. The van der Waals surface area contributed by atoms with Gasteiger partial charge in [-0.2, -0.15) is 0 Å². The van der Waals surface area contributed by atoms with Crippen LogP contribution in [0.25, 0.3) is 0 Å². The molecule has 0 spiro atoms. The molecule has 4 aromatic rings. The monoisotopic (exact) mass is 648 g/mol. The Morgan fingerprint density at radius 3 is 0.957 bits per heavy atom. The van der Waals surface area contributed by atoms with Crippen LogP contribution in [0.15, 0.2) is 103 Å². The summed E-state index contributed by atoms with van der Waals surface area (Å²) in [6.07, 6.45) is 24.7. The Kier molecular flexibility index (Phi) is 16.8. The first-order valence-corrected chi connectivity index (χ1v) is 21.7. The molecular formula is C46H65P. The molecule has 0 radical (unpaired) electrons. The molecule has 0 atom stereocenters. The molecule has 0 N–H and O–H groups in total. The number of aryl methyl sites for hydroxylation is 3. The van der Waals surface area contributed by atoms with E-state index >= 15 is 0 Å². The Balaban J connectivity index is 1.68. The van der Waals surface area contributed by atoms with Gasteiger partial charge < -0.3 is 0 Å². The molecule has 0 aliphatic heterocycles. The van der Waals surface area contributed by atoms with Crippen molar-refractivity contribution in [2.45, 2.75) is 143 Å². The van der Waals surface area contributed by atoms with Gasteiger partial charge in [0.25, 0.3) is 0 Å². The van der Waals surface area contributed by atoms with E-state index in [1.54, 1.807) is 0 Å². The SMILES string of the molecule is CCCCCCCc1ccc([PH](Cc2ccccc2)(c2ccc(CCCCCCC)cc2)c2ccc(CCCCCCC)cc2)cc1. The second kappa shape index (κ2) is 21.3. The minimum atomic E-state index is -2.38. The van der Waals surface area contributed by atoms with Crippen LogP contribution in [0, 0.1) is 0 Å². The molecule has 0 heterocycles. The van der Waals surface area contributed by atoms with E-state index < -0.39 is 7.26 Å². The van der Waals surface area contributed by atoms with Crippen molar-refractivity contribution in [3.05, 3.63) is 125 Å². The number of rotatable bonds is 23. The summed E-state index contributed by atoms with van der Waals surface area (Å²) in [7, 11) is -2.38. The summed E-state index contributed by atoms with van der Waals surface area (Å²) in [5.41, 5.74) is 5.92. The first-order valence-electron chi connectivity index (χ1n) is 19.5. The third kappa shape index (κ3) is 11.8. The molecule has 0 unspecified atom stereocenters. The summed E-state index contributed by atoms with van der Waals surface area (Å²) < 4.78 is 0. The van der Waals surface area contributed by atoms with Crippen LogP contribution in [0.2, 0.25) is 0 Å². The molecular weight excluding hydrogens is 583 g/mol. The first kappa shape index (κ1) is 37.1. The molecule has 47 heavy (non-hydrogen) atoms. The van der Waals surface area contributed by atoms with Gasteiger partial charge in [-0.05, 0) is 0 Å². The zero-order valence-corrected chi connectivity index (χ0v) is 31.2. The van der Waals surface area contributed by atoms with Crippen LogP contribution in [-0.4, -0.2) is 0 Å². The van der Waals surface area contributed by atoms with Crippen molar-refractivity contribution in [2.24, 2.45) is 0 Å². The third-order valence-electron chi connectivity index (χ3n) is 10.4. The van der Waals surface area contributed by atoms with Crippen LogP contribution in [0.4, 0.5) is 0 Å². The van der Waals surface area contributed by atoms with E-state index in [9.17, 15) is 0 Å². The molecule has 4 rings (SSSR count). The van der Waals surface area contributed by atoms with Gasteiger partial charge in [0.1, 0.15) is 0 Å². The Labute approximate surface area is 290 Å². The standard InChI is InChI=1S/C46H65P/c1-4-7-10-13-17-22-40-27-33-44(34-28-40)47(39-43-25-20-16-21-26-43,45-35-29-41(30-36-45)23-18-14-11-8-5-2)46-37-31-42(32-38-46)24-19-15-12-9-6-3/h16,20-21,25-38,47H,4-15,17-19,22-24,39H2,1-3H3. The van der Waals surface area contributed by atoms with Crippen molar-refractivity contribution < 1.29 is 0 Å². The van der Waals surface area contributed by atoms with Crippen molar-refractivity contribution in [1.82, 2.24) is 0 Å². The maximum atomic E-state index is 2.51. The normalized spacial score (nSPS) is 12.0. The Hall–Kier alpha value is -2.69. The molecule has 254 valence electrons. The second-order valence-corrected chi connectivity index (χ2v) is 18.0. The summed E-state index contributed by atoms with van der Waals surface area (Å²) in [6.45, 7) is 6.90. The summed E-state index contributed by atoms with van der Waals surface area (Å²) >= 11 is 0. The average Bonchev–Trinajstić information content (AvgIpc) is 3.12. The Morgan fingerprint density at radius 2 is 0.638 bits per heavy atom. The minimum absolute atomic E-state index is 1.08. The fourth-order valence-corrected chi connectivity index (χ4v) is 12.0. The summed E-state index contributed by atoms with van der Waals surface area (Å²) in [5, 5.41) is 4.61. The van der Waals surface area contributed by atoms with E-state index in [1.807, 2.05) is 0 Å². The van der Waals surface area contributed by atoms with Gasteiger partial charge in [0.05, 0.1) is 0 Å². The average molecular weight is 649 g/mol. The fraction of sp³-hybridized carbons (Fsp3) is 0.478. The van der Waals surface area contributed by atoms with Crippen molar-refractivity contribution >= 4 is 23.2 Å². The molecule has 0 fully saturated rings. The first-order chi connectivity index (χ1) is 23.2. The van der Waals surface area contributed by atoms with Gasteiger partial charge in [0.2, 0.25) is 0 Å². The molecule has 0 aliphatic carbocycles. The molecule has 1 heteroatoms. The molecule has 0 saturated carbocycles. The quantitative estimate of drug-likeness (QED) is 0.0554. The number of hydrogen-bond acceptors (Lipinski definition) is 0. The predicted octanol–water partition coefficient (Wildman–Crippen LogP) is 12.5. The molecule has 0 saturated heterocycles. The topological polar surface area (TPSA) is 0 Å². The van der Waals surface area contributed by atoms with Crippen molar-refractivity contribution in [2.75, 3.05) is 0 Å². The van der Waals surface area contributed by atoms with Gasteiger partial charge in [-0.1, -0.05) is 0 Å². The van der Waals surface area contributed by atoms with E-state index in [2.05, 4.69) is 124 Å². The fourth-order valence-electron chi connectivity index (χ4n) is 7.37. The van der Waals surface area contributed by atoms with Gasteiger partial charge in [-0.3, -0.25) is 0 Å². The van der Waals surface area contributed by atoms with Gasteiger partial charge >= 0.3 is 291 Å². The maximum absolute atomic E-state index is 2.51. The number of unbranched alkanes of at least 4 members (excludes halogenated alkanes) is 12. The van der Waals surface area contributed by atoms with E-state index in [4.69, 9.17) is 0 Å². The number of benzene rings is 4. The van der Waals surface area contributed by atoms with Crippen molar-refractivity contribution in [1.29, 1.82) is 0 Å². The van der Waals surface area contributed by atoms with Gasteiger partial charge in [-0.15, -0.1) is 0 Å². The Morgan fingerprint density at radius 1 is 0.319 bits per heavy atom. The van der Waals surface area contributed by atoms with E-state index in [0.717, 1.165) is 6.16 Å². The third-order valence-corrected chi connectivity index (χ3v) is 15.3.